The number of rotatable bonds is 1. The third kappa shape index (κ3) is 1.65. The van der Waals surface area contributed by atoms with Crippen LogP contribution in [0.3, 0.4) is 0 Å². The third-order valence-corrected chi connectivity index (χ3v) is 4.94. The van der Waals surface area contributed by atoms with Gasteiger partial charge in [-0.1, -0.05) is 56.2 Å². The predicted molar refractivity (Wildman–Crippen MR) is 73.5 cm³/mol. The van der Waals surface area contributed by atoms with Crippen molar-refractivity contribution in [2.75, 3.05) is 0 Å². The van der Waals surface area contributed by atoms with E-state index >= 15 is 0 Å². The second-order valence-corrected chi connectivity index (χ2v) is 5.79. The van der Waals surface area contributed by atoms with E-state index in [4.69, 9.17) is 0 Å². The highest BCUT2D eigenvalue weighted by Gasteiger charge is 2.50. The van der Waals surface area contributed by atoms with E-state index in [1.54, 1.807) is 0 Å². The van der Waals surface area contributed by atoms with Crippen LogP contribution in [0, 0.1) is 5.41 Å². The van der Waals surface area contributed by atoms with E-state index in [1.807, 2.05) is 6.07 Å². The second-order valence-electron chi connectivity index (χ2n) is 5.79. The van der Waals surface area contributed by atoms with E-state index in [9.17, 15) is 4.79 Å². The van der Waals surface area contributed by atoms with Crippen molar-refractivity contribution in [2.24, 2.45) is 5.41 Å². The van der Waals surface area contributed by atoms with Gasteiger partial charge in [-0.25, -0.2) is 0 Å². The van der Waals surface area contributed by atoms with Crippen LogP contribution in [0.2, 0.25) is 0 Å². The van der Waals surface area contributed by atoms with Crippen LogP contribution >= 0.6 is 0 Å². The Hall–Kier alpha value is -1.37. The molecule has 1 nitrogen and oxygen atoms in total. The van der Waals surface area contributed by atoms with Crippen molar-refractivity contribution in [1.82, 2.24) is 0 Å². The quantitative estimate of drug-likeness (QED) is 0.671. The van der Waals surface area contributed by atoms with Crippen molar-refractivity contribution in [3.05, 3.63) is 48.0 Å². The van der Waals surface area contributed by atoms with Crippen molar-refractivity contribution < 1.29 is 4.79 Å². The van der Waals surface area contributed by atoms with Crippen LogP contribution in [0.1, 0.15) is 50.0 Å². The van der Waals surface area contributed by atoms with E-state index in [1.165, 1.54) is 24.8 Å². The molecule has 2 aliphatic rings. The maximum Gasteiger partial charge on any atom is 0.159 e. The van der Waals surface area contributed by atoms with E-state index in [-0.39, 0.29) is 5.41 Å². The fourth-order valence-electron chi connectivity index (χ4n) is 3.95. The highest BCUT2D eigenvalue weighted by atomic mass is 16.1. The Morgan fingerprint density at radius 2 is 1.72 bits per heavy atom. The van der Waals surface area contributed by atoms with E-state index in [0.29, 0.717) is 18.1 Å². The highest BCUT2D eigenvalue weighted by molar-refractivity contribution is 5.99. The van der Waals surface area contributed by atoms with Gasteiger partial charge in [0.1, 0.15) is 0 Å². The molecule has 1 aromatic carbocycles. The summed E-state index contributed by atoms with van der Waals surface area (Å²) in [6, 6.07) is 10.6. The lowest BCUT2D eigenvalue weighted by Gasteiger charge is -2.39. The number of hydrogen-bond acceptors (Lipinski definition) is 1. The molecule has 18 heavy (non-hydrogen) atoms. The Labute approximate surface area is 109 Å². The Morgan fingerprint density at radius 1 is 1.06 bits per heavy atom. The average Bonchev–Trinajstić information content (AvgIpc) is 2.66. The van der Waals surface area contributed by atoms with Crippen LogP contribution in [-0.4, -0.2) is 5.78 Å². The molecule has 0 N–H and O–H groups in total. The molecule has 0 bridgehead atoms. The molecule has 0 radical (unpaired) electrons. The molecule has 2 fully saturated rings. The first-order valence-electron chi connectivity index (χ1n) is 7.01. The van der Waals surface area contributed by atoms with E-state index < -0.39 is 0 Å². The summed E-state index contributed by atoms with van der Waals surface area (Å²) in [5.74, 6) is 0.671. The van der Waals surface area contributed by atoms with Gasteiger partial charge in [-0.05, 0) is 24.0 Å². The molecule has 0 aliphatic heterocycles. The van der Waals surface area contributed by atoms with Crippen molar-refractivity contribution in [2.45, 2.75) is 44.4 Å². The molecule has 1 unspecified atom stereocenters. The zero-order valence-electron chi connectivity index (χ0n) is 10.8. The number of allylic oxidation sites excluding steroid dienone is 1. The maximum atomic E-state index is 12.1. The van der Waals surface area contributed by atoms with Gasteiger partial charge in [-0.2, -0.15) is 0 Å². The summed E-state index contributed by atoms with van der Waals surface area (Å²) in [4.78, 5) is 12.1. The van der Waals surface area contributed by atoms with Crippen LogP contribution in [0.4, 0.5) is 0 Å². The molecule has 1 spiro atoms. The van der Waals surface area contributed by atoms with Crippen LogP contribution in [0.5, 0.6) is 0 Å². The maximum absolute atomic E-state index is 12.1. The van der Waals surface area contributed by atoms with Gasteiger partial charge < -0.3 is 0 Å². The molecule has 3 rings (SSSR count). The van der Waals surface area contributed by atoms with Crippen LogP contribution in [0.15, 0.2) is 42.5 Å². The SMILES string of the molecule is C=C1C(=O)CC(c2ccccc2)C12CCCCC2. The normalized spacial score (nSPS) is 26.8. The summed E-state index contributed by atoms with van der Waals surface area (Å²) in [7, 11) is 0. The van der Waals surface area contributed by atoms with Crippen molar-refractivity contribution in [1.29, 1.82) is 0 Å². The lowest BCUT2D eigenvalue weighted by atomic mass is 9.64. The zero-order chi connectivity index (χ0) is 12.6. The predicted octanol–water partition coefficient (Wildman–Crippen LogP) is 4.25. The largest absolute Gasteiger partial charge is 0.295 e. The fourth-order valence-corrected chi connectivity index (χ4v) is 3.95. The standard InChI is InChI=1S/C17H20O/c1-13-16(18)12-15(14-8-4-2-5-9-14)17(13)10-6-3-7-11-17/h2,4-5,8-9,15H,1,3,6-7,10-12H2. The van der Waals surface area contributed by atoms with Gasteiger partial charge in [0.15, 0.2) is 5.78 Å². The van der Waals surface area contributed by atoms with Gasteiger partial charge in [-0.3, -0.25) is 4.79 Å². The highest BCUT2D eigenvalue weighted by Crippen LogP contribution is 2.58. The fraction of sp³-hybridized carbons (Fsp3) is 0.471. The average molecular weight is 240 g/mol. The summed E-state index contributed by atoms with van der Waals surface area (Å²) in [5, 5.41) is 0. The Kier molecular flexibility index (Phi) is 2.85. The summed E-state index contributed by atoms with van der Waals surface area (Å²) in [6.07, 6.45) is 6.77. The van der Waals surface area contributed by atoms with Gasteiger partial charge in [-0.15, -0.1) is 0 Å². The molecule has 2 saturated carbocycles. The lowest BCUT2D eigenvalue weighted by molar-refractivity contribution is -0.114. The number of carbonyl (C=O) groups is 1. The third-order valence-electron chi connectivity index (χ3n) is 4.94. The number of Topliss-reactive ketones (excluding diaryl/α,β-unsaturated/α-hetero) is 1. The molecule has 1 atom stereocenters. The molecule has 0 amide bonds. The minimum atomic E-state index is 0.0800. The molecule has 0 aromatic heterocycles. The molecule has 1 heteroatoms. The summed E-state index contributed by atoms with van der Waals surface area (Å²) < 4.78 is 0. The van der Waals surface area contributed by atoms with Crippen molar-refractivity contribution in [3.8, 4) is 0 Å². The van der Waals surface area contributed by atoms with Gasteiger partial charge >= 0.3 is 0 Å². The van der Waals surface area contributed by atoms with Crippen LogP contribution in [0.25, 0.3) is 0 Å². The summed E-state index contributed by atoms with van der Waals surface area (Å²) >= 11 is 0. The molecule has 1 aromatic rings. The van der Waals surface area contributed by atoms with Gasteiger partial charge in [0, 0.05) is 17.8 Å². The molecule has 0 heterocycles. The van der Waals surface area contributed by atoms with Crippen LogP contribution < -0.4 is 0 Å². The number of ketones is 1. The Bertz CT molecular complexity index is 466. The van der Waals surface area contributed by atoms with Crippen molar-refractivity contribution >= 4 is 5.78 Å². The first-order valence-corrected chi connectivity index (χ1v) is 7.01. The summed E-state index contributed by atoms with van der Waals surface area (Å²) in [6.45, 7) is 4.14. The molecule has 94 valence electrons. The summed E-state index contributed by atoms with van der Waals surface area (Å²) in [5.41, 5.74) is 2.32. The van der Waals surface area contributed by atoms with Gasteiger partial charge in [0.2, 0.25) is 0 Å². The van der Waals surface area contributed by atoms with Gasteiger partial charge in [0.05, 0.1) is 0 Å². The van der Waals surface area contributed by atoms with E-state index in [2.05, 4.69) is 30.8 Å². The zero-order valence-corrected chi connectivity index (χ0v) is 10.8. The van der Waals surface area contributed by atoms with Gasteiger partial charge in [0.25, 0.3) is 0 Å². The molecular weight excluding hydrogens is 220 g/mol. The number of benzene rings is 1. The minimum absolute atomic E-state index is 0.0800. The molecular formula is C17H20O. The first kappa shape index (κ1) is 11.7. The topological polar surface area (TPSA) is 17.1 Å². The minimum Gasteiger partial charge on any atom is -0.295 e. The molecule has 2 aliphatic carbocycles. The van der Waals surface area contributed by atoms with Crippen LogP contribution in [-0.2, 0) is 4.79 Å². The second kappa shape index (κ2) is 4.38. The lowest BCUT2D eigenvalue weighted by Crippen LogP contribution is -2.28. The number of carbonyl (C=O) groups excluding carboxylic acids is 1. The van der Waals surface area contributed by atoms with Crippen molar-refractivity contribution in [3.63, 3.8) is 0 Å². The number of hydrogen-bond donors (Lipinski definition) is 0. The smallest absolute Gasteiger partial charge is 0.159 e. The Morgan fingerprint density at radius 3 is 2.39 bits per heavy atom. The van der Waals surface area contributed by atoms with E-state index in [0.717, 1.165) is 18.4 Å². The first-order chi connectivity index (χ1) is 8.74. The Balaban J connectivity index is 2.02. The monoisotopic (exact) mass is 240 g/mol. The molecule has 0 saturated heterocycles.